The third-order valence-corrected chi connectivity index (χ3v) is 3.76. The van der Waals surface area contributed by atoms with Crippen molar-refractivity contribution < 1.29 is 0 Å². The van der Waals surface area contributed by atoms with Gasteiger partial charge in [-0.3, -0.25) is 19.3 Å². The van der Waals surface area contributed by atoms with E-state index in [2.05, 4.69) is 57.8 Å². The van der Waals surface area contributed by atoms with Gasteiger partial charge in [-0.1, -0.05) is 6.07 Å². The van der Waals surface area contributed by atoms with Gasteiger partial charge in [0.25, 0.3) is 5.56 Å². The maximum Gasteiger partial charge on any atom is 0.255 e. The van der Waals surface area contributed by atoms with Crippen LogP contribution < -0.4 is 5.56 Å². The molecule has 0 saturated heterocycles. The van der Waals surface area contributed by atoms with E-state index in [4.69, 9.17) is 0 Å². The summed E-state index contributed by atoms with van der Waals surface area (Å²) >= 11 is 9.85. The minimum atomic E-state index is -0.0626. The fourth-order valence-corrected chi connectivity index (χ4v) is 2.95. The second-order valence-electron chi connectivity index (χ2n) is 4.09. The smallest absolute Gasteiger partial charge is 0.255 e. The molecule has 22 heavy (non-hydrogen) atoms. The SMILES string of the molecule is Brc1cncc(Br)c1.O=c1ccccn1-c1cncc(Br)c1. The topological polar surface area (TPSA) is 47.8 Å². The lowest BCUT2D eigenvalue weighted by atomic mass is 10.4. The third-order valence-electron chi connectivity index (χ3n) is 2.46. The first-order valence-corrected chi connectivity index (χ1v) is 8.49. The van der Waals surface area contributed by atoms with E-state index in [0.29, 0.717) is 0 Å². The summed E-state index contributed by atoms with van der Waals surface area (Å²) < 4.78 is 4.38. The van der Waals surface area contributed by atoms with Crippen molar-refractivity contribution in [1.82, 2.24) is 14.5 Å². The summed E-state index contributed by atoms with van der Waals surface area (Å²) in [6.07, 6.45) is 8.52. The Bertz CT molecular complexity index is 803. The van der Waals surface area contributed by atoms with Gasteiger partial charge in [0.2, 0.25) is 0 Å². The number of rotatable bonds is 1. The average Bonchev–Trinajstić information content (AvgIpc) is 2.48. The van der Waals surface area contributed by atoms with E-state index >= 15 is 0 Å². The molecule has 3 aromatic heterocycles. The highest BCUT2D eigenvalue weighted by molar-refractivity contribution is 9.11. The van der Waals surface area contributed by atoms with E-state index in [0.717, 1.165) is 19.1 Å². The van der Waals surface area contributed by atoms with Crippen LogP contribution in [0.5, 0.6) is 0 Å². The second-order valence-corrected chi connectivity index (χ2v) is 6.84. The van der Waals surface area contributed by atoms with Crippen LogP contribution in [0.1, 0.15) is 0 Å². The van der Waals surface area contributed by atoms with E-state index in [1.54, 1.807) is 37.1 Å². The van der Waals surface area contributed by atoms with Gasteiger partial charge in [0.05, 0.1) is 11.9 Å². The number of nitrogens with zero attached hydrogens (tertiary/aromatic N) is 3. The Kier molecular flexibility index (Phi) is 6.48. The summed E-state index contributed by atoms with van der Waals surface area (Å²) in [4.78, 5) is 19.3. The van der Waals surface area contributed by atoms with Crippen LogP contribution in [-0.4, -0.2) is 14.5 Å². The van der Waals surface area contributed by atoms with Gasteiger partial charge >= 0.3 is 0 Å². The van der Waals surface area contributed by atoms with Gasteiger partial charge in [0.1, 0.15) is 0 Å². The highest BCUT2D eigenvalue weighted by Crippen LogP contribution is 2.13. The first-order valence-electron chi connectivity index (χ1n) is 6.11. The molecule has 0 saturated carbocycles. The van der Waals surface area contributed by atoms with Crippen LogP contribution in [0.2, 0.25) is 0 Å². The standard InChI is InChI=1S/C10H7BrN2O.C5H3Br2N/c11-8-5-9(7-12-6-8)13-4-2-1-3-10(13)14;6-4-1-5(7)3-8-2-4/h1-7H;1-3H. The van der Waals surface area contributed by atoms with Crippen LogP contribution in [0.3, 0.4) is 0 Å². The number of halogens is 3. The molecule has 4 nitrogen and oxygen atoms in total. The predicted octanol–water partition coefficient (Wildman–Crippen LogP) is 4.60. The lowest BCUT2D eigenvalue weighted by molar-refractivity contribution is 0.976. The van der Waals surface area contributed by atoms with Gasteiger partial charge in [0, 0.05) is 44.3 Å². The van der Waals surface area contributed by atoms with Gasteiger partial charge in [-0.25, -0.2) is 0 Å². The number of aromatic nitrogens is 3. The Balaban J connectivity index is 0.000000188. The normalized spacial score (nSPS) is 9.77. The average molecular weight is 488 g/mol. The molecule has 0 atom stereocenters. The van der Waals surface area contributed by atoms with E-state index in [-0.39, 0.29) is 5.56 Å². The molecule has 0 fully saturated rings. The van der Waals surface area contributed by atoms with Gasteiger partial charge in [0.15, 0.2) is 0 Å². The Hall–Kier alpha value is -1.31. The van der Waals surface area contributed by atoms with Crippen LogP contribution in [-0.2, 0) is 0 Å². The maximum absolute atomic E-state index is 11.5. The van der Waals surface area contributed by atoms with Crippen molar-refractivity contribution in [3.63, 3.8) is 0 Å². The van der Waals surface area contributed by atoms with Crippen LogP contribution in [0.15, 0.2) is 79.5 Å². The summed E-state index contributed by atoms with van der Waals surface area (Å²) in [5.41, 5.74) is 0.692. The van der Waals surface area contributed by atoms with Gasteiger partial charge in [-0.15, -0.1) is 0 Å². The van der Waals surface area contributed by atoms with Gasteiger partial charge < -0.3 is 0 Å². The minimum Gasteiger partial charge on any atom is -0.283 e. The number of hydrogen-bond acceptors (Lipinski definition) is 3. The molecule has 0 N–H and O–H groups in total. The Morgan fingerprint density at radius 1 is 0.818 bits per heavy atom. The second kappa shape index (κ2) is 8.36. The Morgan fingerprint density at radius 2 is 1.41 bits per heavy atom. The van der Waals surface area contributed by atoms with Crippen molar-refractivity contribution >= 4 is 47.8 Å². The zero-order valence-corrected chi connectivity index (χ0v) is 15.9. The molecule has 0 radical (unpaired) electrons. The van der Waals surface area contributed by atoms with Crippen molar-refractivity contribution in [3.8, 4) is 5.69 Å². The van der Waals surface area contributed by atoms with Crippen LogP contribution in [0, 0.1) is 0 Å². The molecule has 0 unspecified atom stereocenters. The van der Waals surface area contributed by atoms with E-state index in [1.165, 1.54) is 10.6 Å². The molecule has 0 amide bonds. The molecule has 0 bridgehead atoms. The number of hydrogen-bond donors (Lipinski definition) is 0. The zero-order chi connectivity index (χ0) is 15.9. The molecule has 0 spiro atoms. The summed E-state index contributed by atoms with van der Waals surface area (Å²) in [6, 6.07) is 8.81. The minimum absolute atomic E-state index is 0.0626. The summed E-state index contributed by atoms with van der Waals surface area (Å²) in [6.45, 7) is 0. The molecule has 3 heterocycles. The summed E-state index contributed by atoms with van der Waals surface area (Å²) in [5, 5.41) is 0. The van der Waals surface area contributed by atoms with E-state index in [1.807, 2.05) is 18.2 Å². The molecule has 0 aliphatic rings. The van der Waals surface area contributed by atoms with Crippen LogP contribution in [0.25, 0.3) is 5.69 Å². The molecule has 0 aliphatic carbocycles. The highest BCUT2D eigenvalue weighted by Gasteiger charge is 1.98. The molecule has 3 rings (SSSR count). The molecular weight excluding hydrogens is 478 g/mol. The molecular formula is C15H10Br3N3O. The fraction of sp³-hybridized carbons (Fsp3) is 0. The van der Waals surface area contributed by atoms with Crippen LogP contribution in [0.4, 0.5) is 0 Å². The molecule has 7 heteroatoms. The van der Waals surface area contributed by atoms with Crippen molar-refractivity contribution in [2.75, 3.05) is 0 Å². The third kappa shape index (κ3) is 5.15. The van der Waals surface area contributed by atoms with Gasteiger partial charge in [-0.05, 0) is 66.0 Å². The first kappa shape index (κ1) is 17.1. The maximum atomic E-state index is 11.5. The van der Waals surface area contributed by atoms with Crippen molar-refractivity contribution in [1.29, 1.82) is 0 Å². The molecule has 3 aromatic rings. The van der Waals surface area contributed by atoms with Crippen LogP contribution >= 0.6 is 47.8 Å². The lowest BCUT2D eigenvalue weighted by Crippen LogP contribution is -2.15. The first-order chi connectivity index (χ1) is 10.6. The highest BCUT2D eigenvalue weighted by atomic mass is 79.9. The zero-order valence-electron chi connectivity index (χ0n) is 11.2. The Labute approximate surface area is 152 Å². The summed E-state index contributed by atoms with van der Waals surface area (Å²) in [7, 11) is 0. The fourth-order valence-electron chi connectivity index (χ4n) is 1.56. The largest absolute Gasteiger partial charge is 0.283 e. The lowest BCUT2D eigenvalue weighted by Gasteiger charge is -2.03. The predicted molar refractivity (Wildman–Crippen MR) is 97.2 cm³/mol. The molecule has 0 aliphatic heterocycles. The van der Waals surface area contributed by atoms with E-state index in [9.17, 15) is 4.79 Å². The quantitative estimate of drug-likeness (QED) is 0.504. The number of pyridine rings is 3. The monoisotopic (exact) mass is 485 g/mol. The molecule has 112 valence electrons. The van der Waals surface area contributed by atoms with Gasteiger partial charge in [-0.2, -0.15) is 0 Å². The van der Waals surface area contributed by atoms with Crippen molar-refractivity contribution in [2.24, 2.45) is 0 Å². The van der Waals surface area contributed by atoms with Crippen molar-refractivity contribution in [2.45, 2.75) is 0 Å². The van der Waals surface area contributed by atoms with E-state index < -0.39 is 0 Å². The molecule has 0 aromatic carbocycles. The van der Waals surface area contributed by atoms with Crippen molar-refractivity contribution in [3.05, 3.63) is 85.1 Å². The summed E-state index contributed by atoms with van der Waals surface area (Å²) in [5.74, 6) is 0. The Morgan fingerprint density at radius 3 is 1.91 bits per heavy atom.